The Morgan fingerprint density at radius 3 is 2.59 bits per heavy atom. The average Bonchev–Trinajstić information content (AvgIpc) is 3.15. The van der Waals surface area contributed by atoms with E-state index in [2.05, 4.69) is 15.1 Å². The number of para-hydroxylation sites is 2. The molecule has 4 rings (SSSR count). The summed E-state index contributed by atoms with van der Waals surface area (Å²) >= 11 is 0. The summed E-state index contributed by atoms with van der Waals surface area (Å²) in [7, 11) is 1.53. The van der Waals surface area contributed by atoms with Crippen LogP contribution in [0.4, 0.5) is 5.69 Å². The van der Waals surface area contributed by atoms with E-state index in [0.717, 1.165) is 0 Å². The van der Waals surface area contributed by atoms with Gasteiger partial charge in [-0.2, -0.15) is 9.50 Å². The molecule has 0 fully saturated rings. The second-order valence-corrected chi connectivity index (χ2v) is 6.47. The molecule has 8 nitrogen and oxygen atoms in total. The predicted octanol–water partition coefficient (Wildman–Crippen LogP) is 2.58. The van der Waals surface area contributed by atoms with Gasteiger partial charge in [-0.25, -0.2) is 4.98 Å². The summed E-state index contributed by atoms with van der Waals surface area (Å²) < 4.78 is 6.62. The van der Waals surface area contributed by atoms with Crippen LogP contribution in [0.5, 0.6) is 5.75 Å². The van der Waals surface area contributed by atoms with E-state index in [4.69, 9.17) is 4.74 Å². The second-order valence-electron chi connectivity index (χ2n) is 6.47. The maximum Gasteiger partial charge on any atom is 0.274 e. The van der Waals surface area contributed by atoms with Crippen LogP contribution < -0.4 is 15.2 Å². The smallest absolute Gasteiger partial charge is 0.274 e. The van der Waals surface area contributed by atoms with E-state index in [-0.39, 0.29) is 23.8 Å². The number of aryl methyl sites for hydroxylation is 1. The number of fused-ring (bicyclic) bond motifs is 1. The molecule has 1 N–H and O–H groups in total. The van der Waals surface area contributed by atoms with Crippen LogP contribution in [-0.2, 0) is 6.54 Å². The zero-order valence-corrected chi connectivity index (χ0v) is 16.0. The molecule has 0 unspecified atom stereocenters. The minimum atomic E-state index is -0.256. The van der Waals surface area contributed by atoms with Crippen molar-refractivity contribution in [2.75, 3.05) is 12.0 Å². The van der Waals surface area contributed by atoms with E-state index in [1.54, 1.807) is 30.0 Å². The Kier molecular flexibility index (Phi) is 4.82. The van der Waals surface area contributed by atoms with Crippen LogP contribution in [0.3, 0.4) is 0 Å². The molecular formula is C21H19N5O3. The van der Waals surface area contributed by atoms with Gasteiger partial charge < -0.3 is 9.64 Å². The van der Waals surface area contributed by atoms with Gasteiger partial charge in [-0.3, -0.25) is 14.7 Å². The number of methoxy groups -OCH3 is 1. The van der Waals surface area contributed by atoms with E-state index >= 15 is 0 Å². The third-order valence-corrected chi connectivity index (χ3v) is 4.46. The Hall–Kier alpha value is -3.94. The number of anilines is 1. The summed E-state index contributed by atoms with van der Waals surface area (Å²) in [5.41, 5.74) is 1.45. The minimum Gasteiger partial charge on any atom is -0.496 e. The van der Waals surface area contributed by atoms with Crippen LogP contribution in [0.2, 0.25) is 0 Å². The quantitative estimate of drug-likeness (QED) is 0.566. The maximum atomic E-state index is 13.4. The van der Waals surface area contributed by atoms with Gasteiger partial charge in [-0.15, -0.1) is 0 Å². The Morgan fingerprint density at radius 2 is 1.83 bits per heavy atom. The number of benzene rings is 2. The third-order valence-electron chi connectivity index (χ3n) is 4.46. The van der Waals surface area contributed by atoms with Gasteiger partial charge in [0.1, 0.15) is 11.6 Å². The van der Waals surface area contributed by atoms with E-state index in [0.29, 0.717) is 28.5 Å². The average molecular weight is 389 g/mol. The molecule has 146 valence electrons. The molecule has 0 saturated heterocycles. The van der Waals surface area contributed by atoms with Crippen molar-refractivity contribution in [1.82, 2.24) is 19.6 Å². The molecule has 8 heteroatoms. The fourth-order valence-corrected chi connectivity index (χ4v) is 3.11. The maximum absolute atomic E-state index is 13.4. The molecule has 4 aromatic rings. The molecular weight excluding hydrogens is 370 g/mol. The van der Waals surface area contributed by atoms with Gasteiger partial charge in [0.05, 0.1) is 19.2 Å². The van der Waals surface area contributed by atoms with Gasteiger partial charge in [0.15, 0.2) is 0 Å². The molecule has 2 aromatic carbocycles. The molecule has 0 aliphatic heterocycles. The first kappa shape index (κ1) is 18.4. The normalized spacial score (nSPS) is 10.8. The van der Waals surface area contributed by atoms with E-state index in [9.17, 15) is 9.59 Å². The van der Waals surface area contributed by atoms with Crippen molar-refractivity contribution in [1.29, 1.82) is 0 Å². The van der Waals surface area contributed by atoms with Gasteiger partial charge in [-0.05, 0) is 31.2 Å². The van der Waals surface area contributed by atoms with Crippen molar-refractivity contribution in [3.8, 4) is 5.75 Å². The number of nitrogens with zero attached hydrogens (tertiary/aromatic N) is 4. The molecule has 0 bridgehead atoms. The molecule has 0 aliphatic rings. The summed E-state index contributed by atoms with van der Waals surface area (Å²) in [6, 6.07) is 17.7. The number of hydrogen-bond acceptors (Lipinski definition) is 5. The van der Waals surface area contributed by atoms with Crippen molar-refractivity contribution in [2.45, 2.75) is 13.5 Å². The lowest BCUT2D eigenvalue weighted by Crippen LogP contribution is -2.31. The van der Waals surface area contributed by atoms with Crippen LogP contribution in [0, 0.1) is 6.92 Å². The number of H-pyrrole nitrogens is 1. The zero-order valence-electron chi connectivity index (χ0n) is 16.0. The van der Waals surface area contributed by atoms with Crippen molar-refractivity contribution >= 4 is 17.4 Å². The number of hydrogen-bond donors (Lipinski definition) is 1. The Labute approximate surface area is 166 Å². The van der Waals surface area contributed by atoms with Crippen LogP contribution in [0.25, 0.3) is 5.78 Å². The van der Waals surface area contributed by atoms with Crippen molar-refractivity contribution < 1.29 is 9.53 Å². The first-order valence-corrected chi connectivity index (χ1v) is 9.02. The fourth-order valence-electron chi connectivity index (χ4n) is 3.11. The highest BCUT2D eigenvalue weighted by molar-refractivity contribution is 6.07. The van der Waals surface area contributed by atoms with E-state index in [1.165, 1.54) is 17.7 Å². The third kappa shape index (κ3) is 3.60. The first-order chi connectivity index (χ1) is 14.1. The van der Waals surface area contributed by atoms with Gasteiger partial charge >= 0.3 is 0 Å². The lowest BCUT2D eigenvalue weighted by atomic mass is 10.1. The molecule has 0 atom stereocenters. The van der Waals surface area contributed by atoms with Crippen LogP contribution in [0.1, 0.15) is 21.9 Å². The summed E-state index contributed by atoms with van der Waals surface area (Å²) in [4.78, 5) is 35.8. The molecule has 0 spiro atoms. The van der Waals surface area contributed by atoms with Gasteiger partial charge in [0, 0.05) is 17.4 Å². The number of carbonyl (C=O) groups excluding carboxylic acids is 1. The van der Waals surface area contributed by atoms with E-state index < -0.39 is 0 Å². The lowest BCUT2D eigenvalue weighted by molar-refractivity contribution is 0.0981. The van der Waals surface area contributed by atoms with Crippen molar-refractivity contribution in [3.63, 3.8) is 0 Å². The largest absolute Gasteiger partial charge is 0.496 e. The van der Waals surface area contributed by atoms with E-state index in [1.807, 2.05) is 36.4 Å². The summed E-state index contributed by atoms with van der Waals surface area (Å²) in [5, 5.41) is 2.93. The number of amides is 1. The molecule has 0 aliphatic carbocycles. The molecule has 0 saturated carbocycles. The van der Waals surface area contributed by atoms with Crippen molar-refractivity contribution in [3.05, 3.63) is 88.1 Å². The Bertz CT molecular complexity index is 1230. The number of aromatic amines is 1. The van der Waals surface area contributed by atoms with Crippen molar-refractivity contribution in [2.24, 2.45) is 0 Å². The molecule has 2 heterocycles. The predicted molar refractivity (Wildman–Crippen MR) is 108 cm³/mol. The highest BCUT2D eigenvalue weighted by Gasteiger charge is 2.22. The second kappa shape index (κ2) is 7.59. The van der Waals surface area contributed by atoms with Gasteiger partial charge in [0.25, 0.3) is 17.2 Å². The van der Waals surface area contributed by atoms with Crippen LogP contribution in [0.15, 0.2) is 65.5 Å². The van der Waals surface area contributed by atoms with Crippen LogP contribution in [-0.4, -0.2) is 32.6 Å². The molecule has 2 aromatic heterocycles. The van der Waals surface area contributed by atoms with Crippen LogP contribution >= 0.6 is 0 Å². The standard InChI is InChI=1S/C21H19N5O3/c1-14-12-19(27)26-21(22-14)23-18(24-26)13-25(15-8-4-3-5-9-15)20(28)16-10-6-7-11-17(16)29-2/h3-12H,13H2,1-2H3,(H,22,23,24). The fraction of sp³-hybridized carbons (Fsp3) is 0.143. The first-order valence-electron chi connectivity index (χ1n) is 9.02. The summed E-state index contributed by atoms with van der Waals surface area (Å²) in [6.45, 7) is 1.86. The summed E-state index contributed by atoms with van der Waals surface area (Å²) in [5.74, 6) is 0.942. The summed E-state index contributed by atoms with van der Waals surface area (Å²) in [6.07, 6.45) is 0. The lowest BCUT2D eigenvalue weighted by Gasteiger charge is -2.22. The molecule has 29 heavy (non-hydrogen) atoms. The number of carbonyl (C=O) groups is 1. The Morgan fingerprint density at radius 1 is 1.10 bits per heavy atom. The highest BCUT2D eigenvalue weighted by atomic mass is 16.5. The monoisotopic (exact) mass is 389 g/mol. The topological polar surface area (TPSA) is 92.6 Å². The molecule has 0 radical (unpaired) electrons. The highest BCUT2D eigenvalue weighted by Crippen LogP contribution is 2.24. The number of nitrogens with one attached hydrogen (secondary N) is 1. The number of rotatable bonds is 5. The number of aromatic nitrogens is 4. The SMILES string of the molecule is COc1ccccc1C(=O)N(Cc1nc2nc(C)cc(=O)n2[nH]1)c1ccccc1. The zero-order chi connectivity index (χ0) is 20.4. The van der Waals surface area contributed by atoms with Gasteiger partial charge in [-0.1, -0.05) is 30.3 Å². The molecule has 1 amide bonds. The number of ether oxygens (including phenoxy) is 1. The van der Waals surface area contributed by atoms with Gasteiger partial charge in [0.2, 0.25) is 0 Å². The Balaban J connectivity index is 1.77. The minimum absolute atomic E-state index is 0.128.